The summed E-state index contributed by atoms with van der Waals surface area (Å²) < 4.78 is 71.2. The van der Waals surface area contributed by atoms with Gasteiger partial charge in [0.1, 0.15) is 0 Å². The smallest absolute Gasteiger partial charge is 0.475 e. The molecule has 0 saturated carbocycles. The number of alkyl halides is 6. The first-order valence-electron chi connectivity index (χ1n) is 10.4. The zero-order valence-electron chi connectivity index (χ0n) is 19.5. The van der Waals surface area contributed by atoms with E-state index in [0.29, 0.717) is 12.5 Å². The predicted octanol–water partition coefficient (Wildman–Crippen LogP) is 3.41. The predicted molar refractivity (Wildman–Crippen MR) is 112 cm³/mol. The molecule has 0 aromatic carbocycles. The molecule has 36 heavy (non-hydrogen) atoms. The molecule has 0 spiro atoms. The molecule has 10 nitrogen and oxygen atoms in total. The van der Waals surface area contributed by atoms with Crippen molar-refractivity contribution in [3.05, 3.63) is 35.3 Å². The number of ether oxygens (including phenoxy) is 1. The van der Waals surface area contributed by atoms with Crippen molar-refractivity contribution >= 4 is 17.8 Å². The Morgan fingerprint density at radius 1 is 1.06 bits per heavy atom. The maximum Gasteiger partial charge on any atom is 0.490 e. The van der Waals surface area contributed by atoms with E-state index in [9.17, 15) is 26.3 Å². The molecular weight excluding hydrogens is 504 g/mol. The fourth-order valence-corrected chi connectivity index (χ4v) is 2.85. The van der Waals surface area contributed by atoms with Gasteiger partial charge in [-0.05, 0) is 32.9 Å². The van der Waals surface area contributed by atoms with Crippen molar-refractivity contribution in [3.8, 4) is 0 Å². The van der Waals surface area contributed by atoms with Crippen LogP contribution in [-0.4, -0.2) is 74.2 Å². The van der Waals surface area contributed by atoms with Gasteiger partial charge in [0, 0.05) is 37.4 Å². The molecule has 3 rings (SSSR count). The van der Waals surface area contributed by atoms with Crippen molar-refractivity contribution in [3.63, 3.8) is 0 Å². The molecule has 1 aliphatic heterocycles. The van der Waals surface area contributed by atoms with Crippen molar-refractivity contribution in [1.82, 2.24) is 20.0 Å². The number of aliphatic carboxylic acids is 2. The Balaban J connectivity index is 0.000000383. The van der Waals surface area contributed by atoms with E-state index in [2.05, 4.69) is 28.2 Å². The van der Waals surface area contributed by atoms with Crippen LogP contribution in [-0.2, 0) is 27.4 Å². The highest BCUT2D eigenvalue weighted by Gasteiger charge is 2.38. The summed E-state index contributed by atoms with van der Waals surface area (Å²) in [5.41, 5.74) is 3.37. The van der Waals surface area contributed by atoms with Gasteiger partial charge in [0.25, 0.3) is 0 Å². The minimum atomic E-state index is -5.08. The lowest BCUT2D eigenvalue weighted by Crippen LogP contribution is -2.35. The Bertz CT molecular complexity index is 970. The number of hydrogen-bond donors (Lipinski definition) is 2. The van der Waals surface area contributed by atoms with E-state index in [1.807, 2.05) is 30.7 Å². The molecule has 3 heterocycles. The average molecular weight is 529 g/mol. The van der Waals surface area contributed by atoms with E-state index in [0.717, 1.165) is 43.4 Å². The average Bonchev–Trinajstić information content (AvgIpc) is 3.21. The van der Waals surface area contributed by atoms with Crippen molar-refractivity contribution < 1.29 is 50.9 Å². The third-order valence-corrected chi connectivity index (χ3v) is 4.53. The van der Waals surface area contributed by atoms with Crippen LogP contribution in [0.4, 0.5) is 32.2 Å². The highest BCUT2D eigenvalue weighted by atomic mass is 19.4. The van der Waals surface area contributed by atoms with Gasteiger partial charge in [0.15, 0.2) is 5.82 Å². The summed E-state index contributed by atoms with van der Waals surface area (Å²) in [5.74, 6) is -4.28. The van der Waals surface area contributed by atoms with Crippen LogP contribution >= 0.6 is 0 Å². The van der Waals surface area contributed by atoms with Gasteiger partial charge in [-0.3, -0.25) is 4.68 Å². The monoisotopic (exact) mass is 529 g/mol. The second-order valence-electron chi connectivity index (χ2n) is 7.26. The van der Waals surface area contributed by atoms with E-state index in [-0.39, 0.29) is 0 Å². The van der Waals surface area contributed by atoms with Crippen LogP contribution in [0.15, 0.2) is 18.3 Å². The Morgan fingerprint density at radius 2 is 1.61 bits per heavy atom. The normalized spacial score (nSPS) is 15.1. The first-order chi connectivity index (χ1) is 16.6. The molecule has 0 bridgehead atoms. The quantitative estimate of drug-likeness (QED) is 0.560. The van der Waals surface area contributed by atoms with Crippen LogP contribution in [0.3, 0.4) is 0 Å². The van der Waals surface area contributed by atoms with Gasteiger partial charge in [0.05, 0.1) is 24.5 Å². The highest BCUT2D eigenvalue weighted by Crippen LogP contribution is 2.30. The number of carbonyl (C=O) groups is 2. The van der Waals surface area contributed by atoms with Crippen molar-refractivity contribution in [2.75, 3.05) is 24.7 Å². The van der Waals surface area contributed by atoms with Crippen LogP contribution in [0.1, 0.15) is 36.7 Å². The Hall–Kier alpha value is -3.43. The molecule has 0 aliphatic carbocycles. The minimum absolute atomic E-state index is 0.326. The number of anilines is 1. The largest absolute Gasteiger partial charge is 0.490 e. The summed E-state index contributed by atoms with van der Waals surface area (Å²) in [6, 6.07) is 4.03. The fourth-order valence-electron chi connectivity index (χ4n) is 2.85. The number of aromatic nitrogens is 4. The molecule has 0 radical (unpaired) electrons. The van der Waals surface area contributed by atoms with Crippen LogP contribution in [0.2, 0.25) is 0 Å². The number of aryl methyl sites for hydroxylation is 2. The van der Waals surface area contributed by atoms with E-state index in [1.54, 1.807) is 0 Å². The SMILES string of the molecule is CCOCC1CN(c2ccc(C)nn2)Cc2nn(CC)cc21.O=C(O)C(F)(F)F.O=C(O)C(F)(F)F. The Kier molecular flexibility index (Phi) is 11.1. The van der Waals surface area contributed by atoms with Gasteiger partial charge in [-0.15, -0.1) is 5.10 Å². The summed E-state index contributed by atoms with van der Waals surface area (Å²) in [6.07, 6.45) is -8.00. The summed E-state index contributed by atoms with van der Waals surface area (Å²) in [6.45, 7) is 10.1. The zero-order chi connectivity index (χ0) is 27.7. The molecule has 0 fully saturated rings. The molecule has 2 N–H and O–H groups in total. The highest BCUT2D eigenvalue weighted by molar-refractivity contribution is 5.73. The third-order valence-electron chi connectivity index (χ3n) is 4.53. The van der Waals surface area contributed by atoms with Crippen LogP contribution < -0.4 is 4.90 Å². The lowest BCUT2D eigenvalue weighted by Gasteiger charge is -2.32. The van der Waals surface area contributed by atoms with Crippen molar-refractivity contribution in [2.24, 2.45) is 0 Å². The first kappa shape index (κ1) is 30.6. The van der Waals surface area contributed by atoms with Crippen molar-refractivity contribution in [1.29, 1.82) is 0 Å². The van der Waals surface area contributed by atoms with E-state index >= 15 is 0 Å². The maximum atomic E-state index is 10.6. The number of hydrogen-bond acceptors (Lipinski definition) is 7. The van der Waals surface area contributed by atoms with E-state index < -0.39 is 24.3 Å². The van der Waals surface area contributed by atoms with Gasteiger partial charge < -0.3 is 19.8 Å². The molecule has 2 aromatic rings. The molecular formula is C20H25F6N5O5. The first-order valence-corrected chi connectivity index (χ1v) is 10.4. The standard InChI is InChI=1S/C16H23N5O.2C2HF3O2/c1-4-21-9-14-13(11-22-5-2)8-20(10-15(14)19-21)16-7-6-12(3)17-18-16;2*3-2(4,5)1(6)7/h6-7,9,13H,4-5,8,10-11H2,1-3H3;2*(H,6,7). The van der Waals surface area contributed by atoms with Crippen LogP contribution in [0.5, 0.6) is 0 Å². The molecule has 1 aliphatic rings. The van der Waals surface area contributed by atoms with Crippen molar-refractivity contribution in [2.45, 2.75) is 52.1 Å². The molecule has 1 atom stereocenters. The third kappa shape index (κ3) is 9.67. The van der Waals surface area contributed by atoms with Gasteiger partial charge in [-0.1, -0.05) is 0 Å². The van der Waals surface area contributed by atoms with Crippen LogP contribution in [0.25, 0.3) is 0 Å². The Labute approximate surface area is 201 Å². The number of nitrogens with zero attached hydrogens (tertiary/aromatic N) is 5. The molecule has 16 heteroatoms. The lowest BCUT2D eigenvalue weighted by atomic mass is 9.95. The zero-order valence-corrected chi connectivity index (χ0v) is 19.5. The number of rotatable bonds is 5. The van der Waals surface area contributed by atoms with Gasteiger partial charge in [0.2, 0.25) is 0 Å². The van der Waals surface area contributed by atoms with E-state index in [1.165, 1.54) is 5.56 Å². The van der Waals surface area contributed by atoms with E-state index in [4.69, 9.17) is 29.6 Å². The second-order valence-corrected chi connectivity index (χ2v) is 7.26. The topological polar surface area (TPSA) is 131 Å². The maximum absolute atomic E-state index is 10.6. The van der Waals surface area contributed by atoms with Crippen LogP contribution in [0, 0.1) is 6.92 Å². The molecule has 1 unspecified atom stereocenters. The van der Waals surface area contributed by atoms with Gasteiger partial charge >= 0.3 is 24.3 Å². The second kappa shape index (κ2) is 13.0. The summed E-state index contributed by atoms with van der Waals surface area (Å²) >= 11 is 0. The minimum Gasteiger partial charge on any atom is -0.475 e. The lowest BCUT2D eigenvalue weighted by molar-refractivity contribution is -0.193. The molecule has 0 saturated heterocycles. The molecule has 202 valence electrons. The summed E-state index contributed by atoms with van der Waals surface area (Å²) in [7, 11) is 0. The summed E-state index contributed by atoms with van der Waals surface area (Å²) in [4.78, 5) is 20.0. The summed E-state index contributed by atoms with van der Waals surface area (Å²) in [5, 5.41) is 27.4. The van der Waals surface area contributed by atoms with Gasteiger partial charge in [-0.25, -0.2) is 9.59 Å². The number of carboxylic acids is 2. The molecule has 2 aromatic heterocycles. The Morgan fingerprint density at radius 3 is 2.03 bits per heavy atom. The molecule has 0 amide bonds. The number of carboxylic acid groups (broad SMARTS) is 2. The number of fused-ring (bicyclic) bond motifs is 1. The van der Waals surface area contributed by atoms with Gasteiger partial charge in [-0.2, -0.15) is 36.5 Å². The fraction of sp³-hybridized carbons (Fsp3) is 0.550. The number of halogens is 6.